The van der Waals surface area contributed by atoms with Crippen molar-refractivity contribution in [2.45, 2.75) is 50.3 Å². The van der Waals surface area contributed by atoms with Crippen LogP contribution in [-0.2, 0) is 19.4 Å². The number of halogens is 1. The molecule has 0 unspecified atom stereocenters. The maximum absolute atomic E-state index is 13.0. The predicted octanol–water partition coefficient (Wildman–Crippen LogP) is 4.91. The maximum Gasteiger partial charge on any atom is 0.312 e. The van der Waals surface area contributed by atoms with Gasteiger partial charge < -0.3 is 20.3 Å². The van der Waals surface area contributed by atoms with E-state index in [0.29, 0.717) is 5.56 Å². The van der Waals surface area contributed by atoms with Crippen molar-refractivity contribution in [1.82, 2.24) is 0 Å². The van der Waals surface area contributed by atoms with E-state index in [2.05, 4.69) is 5.32 Å². The number of rotatable bonds is 8. The predicted molar refractivity (Wildman–Crippen MR) is 124 cm³/mol. The van der Waals surface area contributed by atoms with Crippen LogP contribution in [0.3, 0.4) is 0 Å². The Morgan fingerprint density at radius 2 is 1.88 bits per heavy atom. The number of anilines is 1. The lowest BCUT2D eigenvalue weighted by atomic mass is 9.91. The summed E-state index contributed by atoms with van der Waals surface area (Å²) < 4.78 is 31.7. The second-order valence-corrected chi connectivity index (χ2v) is 10.6. The summed E-state index contributed by atoms with van der Waals surface area (Å²) in [5.74, 6) is -2.29. The summed E-state index contributed by atoms with van der Waals surface area (Å²) >= 11 is 6.29. The van der Waals surface area contributed by atoms with Gasteiger partial charge in [-0.05, 0) is 55.5 Å². The molecular weight excluding hydrogens is 470 g/mol. The highest BCUT2D eigenvalue weighted by atomic mass is 35.5. The molecule has 1 amide bonds. The molecule has 0 aromatic heterocycles. The first-order valence-corrected chi connectivity index (χ1v) is 12.6. The normalized spacial score (nSPS) is 14.6. The molecule has 178 valence electrons. The zero-order valence-electron chi connectivity index (χ0n) is 18.1. The molecule has 0 heterocycles. The van der Waals surface area contributed by atoms with E-state index in [1.807, 2.05) is 0 Å². The van der Waals surface area contributed by atoms with Crippen molar-refractivity contribution in [3.63, 3.8) is 0 Å². The molecule has 1 aliphatic carbocycles. The standard InChI is InChI=1S/C23H26ClNO7S/c1-14-10-16(25-20(26)12-21(27)28)11-17(24)23(14)32-18-8-5-9-19(22(18)29)33(30,31)13-15-6-3-2-4-7-15/h5,8-11,15,29H,2-4,6-7,12-13H2,1H3,(H,25,26)(H,27,28). The SMILES string of the molecule is Cc1cc(NC(=O)CC(=O)O)cc(Cl)c1Oc1cccc(S(=O)(=O)CC2CCCCC2)c1O. The van der Waals surface area contributed by atoms with Gasteiger partial charge >= 0.3 is 5.97 Å². The summed E-state index contributed by atoms with van der Waals surface area (Å²) in [5.41, 5.74) is 0.770. The fourth-order valence-corrected chi connectivity index (χ4v) is 6.09. The number of carboxylic acids is 1. The first-order chi connectivity index (χ1) is 15.6. The van der Waals surface area contributed by atoms with Crippen LogP contribution in [0.25, 0.3) is 0 Å². The molecular formula is C23H26ClNO7S. The molecule has 0 spiro atoms. The molecule has 1 saturated carbocycles. The third-order valence-electron chi connectivity index (χ3n) is 5.51. The molecule has 0 bridgehead atoms. The Hall–Kier alpha value is -2.78. The van der Waals surface area contributed by atoms with Crippen LogP contribution in [0.1, 0.15) is 44.1 Å². The van der Waals surface area contributed by atoms with Gasteiger partial charge in [0, 0.05) is 5.69 Å². The van der Waals surface area contributed by atoms with Crippen LogP contribution in [-0.4, -0.2) is 36.3 Å². The highest BCUT2D eigenvalue weighted by Gasteiger charge is 2.27. The van der Waals surface area contributed by atoms with Gasteiger partial charge in [-0.25, -0.2) is 8.42 Å². The molecule has 33 heavy (non-hydrogen) atoms. The quantitative estimate of drug-likeness (QED) is 0.443. The molecule has 0 atom stereocenters. The highest BCUT2D eigenvalue weighted by molar-refractivity contribution is 7.91. The van der Waals surface area contributed by atoms with Crippen LogP contribution in [0.2, 0.25) is 5.02 Å². The van der Waals surface area contributed by atoms with Crippen molar-refractivity contribution in [2.75, 3.05) is 11.1 Å². The van der Waals surface area contributed by atoms with E-state index in [9.17, 15) is 23.1 Å². The molecule has 0 saturated heterocycles. The number of para-hydroxylation sites is 1. The molecule has 3 rings (SSSR count). The van der Waals surface area contributed by atoms with E-state index >= 15 is 0 Å². The number of amides is 1. The monoisotopic (exact) mass is 495 g/mol. The van der Waals surface area contributed by atoms with Crippen molar-refractivity contribution >= 4 is 39.0 Å². The summed E-state index contributed by atoms with van der Waals surface area (Å²) in [4.78, 5) is 22.2. The Morgan fingerprint density at radius 1 is 1.18 bits per heavy atom. The van der Waals surface area contributed by atoms with Crippen LogP contribution in [0.4, 0.5) is 5.69 Å². The van der Waals surface area contributed by atoms with Gasteiger partial charge in [0.05, 0.1) is 10.8 Å². The number of phenols is 1. The molecule has 10 heteroatoms. The Bertz CT molecular complexity index is 1130. The molecule has 8 nitrogen and oxygen atoms in total. The molecule has 2 aromatic carbocycles. The summed E-state index contributed by atoms with van der Waals surface area (Å²) in [6.07, 6.45) is 4.18. The van der Waals surface area contributed by atoms with Crippen molar-refractivity contribution < 1.29 is 33.0 Å². The molecule has 1 fully saturated rings. The lowest BCUT2D eigenvalue weighted by molar-refractivity contribution is -0.139. The number of phenolic OH excluding ortho intramolecular Hbond substituents is 1. The number of hydrogen-bond acceptors (Lipinski definition) is 6. The number of carboxylic acid groups (broad SMARTS) is 1. The zero-order valence-corrected chi connectivity index (χ0v) is 19.7. The topological polar surface area (TPSA) is 130 Å². The van der Waals surface area contributed by atoms with Gasteiger partial charge in [0.15, 0.2) is 21.3 Å². The van der Waals surface area contributed by atoms with Crippen LogP contribution >= 0.6 is 11.6 Å². The van der Waals surface area contributed by atoms with Crippen LogP contribution in [0.15, 0.2) is 35.2 Å². The van der Waals surface area contributed by atoms with E-state index < -0.39 is 33.9 Å². The van der Waals surface area contributed by atoms with Crippen molar-refractivity contribution in [3.8, 4) is 17.2 Å². The number of carbonyl (C=O) groups excluding carboxylic acids is 1. The zero-order chi connectivity index (χ0) is 24.2. The Balaban J connectivity index is 1.82. The fourth-order valence-electron chi connectivity index (χ4n) is 3.97. The number of sulfone groups is 1. The van der Waals surface area contributed by atoms with Gasteiger partial charge in [0.25, 0.3) is 0 Å². The minimum absolute atomic E-state index is 0.0193. The van der Waals surface area contributed by atoms with E-state index in [1.165, 1.54) is 30.3 Å². The lowest BCUT2D eigenvalue weighted by Crippen LogP contribution is -2.19. The Kier molecular flexibility index (Phi) is 7.86. The van der Waals surface area contributed by atoms with Crippen molar-refractivity contribution in [1.29, 1.82) is 0 Å². The lowest BCUT2D eigenvalue weighted by Gasteiger charge is -2.21. The van der Waals surface area contributed by atoms with Crippen molar-refractivity contribution in [2.24, 2.45) is 5.92 Å². The van der Waals surface area contributed by atoms with Gasteiger partial charge in [-0.2, -0.15) is 0 Å². The second-order valence-electron chi connectivity index (χ2n) is 8.21. The summed E-state index contributed by atoms with van der Waals surface area (Å²) in [6.45, 7) is 1.65. The number of aromatic hydroxyl groups is 1. The summed E-state index contributed by atoms with van der Waals surface area (Å²) in [6, 6.07) is 7.20. The van der Waals surface area contributed by atoms with Crippen LogP contribution in [0.5, 0.6) is 17.2 Å². The van der Waals surface area contributed by atoms with Gasteiger partial charge in [0.2, 0.25) is 5.91 Å². The first-order valence-electron chi connectivity index (χ1n) is 10.6. The third kappa shape index (κ3) is 6.39. The number of aliphatic carboxylic acids is 1. The maximum atomic E-state index is 13.0. The van der Waals surface area contributed by atoms with Crippen molar-refractivity contribution in [3.05, 3.63) is 40.9 Å². The molecule has 3 N–H and O–H groups in total. The van der Waals surface area contributed by atoms with Gasteiger partial charge in [0.1, 0.15) is 17.1 Å². The molecule has 0 radical (unpaired) electrons. The average Bonchev–Trinajstić information content (AvgIpc) is 2.71. The number of benzene rings is 2. The van der Waals surface area contributed by atoms with Crippen LogP contribution in [0, 0.1) is 12.8 Å². The minimum atomic E-state index is -3.71. The fraction of sp³-hybridized carbons (Fsp3) is 0.391. The highest BCUT2D eigenvalue weighted by Crippen LogP contribution is 2.41. The molecule has 1 aliphatic rings. The Labute approximate surface area is 197 Å². The largest absolute Gasteiger partial charge is 0.503 e. The van der Waals surface area contributed by atoms with Crippen LogP contribution < -0.4 is 10.1 Å². The number of ether oxygens (including phenoxy) is 1. The summed E-state index contributed by atoms with van der Waals surface area (Å²) in [7, 11) is -3.71. The van der Waals surface area contributed by atoms with E-state index in [4.69, 9.17) is 21.4 Å². The third-order valence-corrected chi connectivity index (χ3v) is 7.70. The average molecular weight is 496 g/mol. The minimum Gasteiger partial charge on any atom is -0.503 e. The van der Waals surface area contributed by atoms with Gasteiger partial charge in [-0.3, -0.25) is 9.59 Å². The number of aryl methyl sites for hydroxylation is 1. The van der Waals surface area contributed by atoms with E-state index in [0.717, 1.165) is 32.1 Å². The van der Waals surface area contributed by atoms with Gasteiger partial charge in [-0.1, -0.05) is 36.9 Å². The first kappa shape index (κ1) is 24.9. The Morgan fingerprint density at radius 3 is 2.52 bits per heavy atom. The smallest absolute Gasteiger partial charge is 0.312 e. The number of nitrogens with one attached hydrogen (secondary N) is 1. The summed E-state index contributed by atoms with van der Waals surface area (Å²) in [5, 5.41) is 21.9. The number of hydrogen-bond donors (Lipinski definition) is 3. The van der Waals surface area contributed by atoms with E-state index in [-0.39, 0.29) is 38.8 Å². The number of carbonyl (C=O) groups is 2. The second kappa shape index (κ2) is 10.4. The molecule has 0 aliphatic heterocycles. The van der Waals surface area contributed by atoms with E-state index in [1.54, 1.807) is 6.92 Å². The van der Waals surface area contributed by atoms with Gasteiger partial charge in [-0.15, -0.1) is 0 Å². The molecule has 2 aromatic rings.